The molecule has 0 spiro atoms. The van der Waals surface area contributed by atoms with Crippen molar-refractivity contribution in [1.29, 1.82) is 0 Å². The molecule has 0 aromatic heterocycles. The van der Waals surface area contributed by atoms with E-state index < -0.39 is 0 Å². The van der Waals surface area contributed by atoms with Crippen molar-refractivity contribution in [1.82, 2.24) is 5.32 Å². The van der Waals surface area contributed by atoms with Crippen molar-refractivity contribution >= 4 is 0 Å². The Labute approximate surface area is 131 Å². The number of methoxy groups -OCH3 is 1. The van der Waals surface area contributed by atoms with Crippen LogP contribution in [-0.2, 0) is 6.42 Å². The second-order valence-electron chi connectivity index (χ2n) is 5.95. The molecule has 0 saturated heterocycles. The smallest absolute Gasteiger partial charge is 0.119 e. The van der Waals surface area contributed by atoms with E-state index in [1.165, 1.54) is 37.7 Å². The SMILES string of the molecule is CCCNC(Cc1cccc(OC)c1)C(CCC)CCC. The van der Waals surface area contributed by atoms with E-state index in [2.05, 4.69) is 44.3 Å². The summed E-state index contributed by atoms with van der Waals surface area (Å²) in [7, 11) is 1.74. The first-order chi connectivity index (χ1) is 10.2. The molecule has 0 aliphatic carbocycles. The molecular weight excluding hydrogens is 258 g/mol. The van der Waals surface area contributed by atoms with Gasteiger partial charge < -0.3 is 10.1 Å². The summed E-state index contributed by atoms with van der Waals surface area (Å²) < 4.78 is 5.35. The summed E-state index contributed by atoms with van der Waals surface area (Å²) in [5.41, 5.74) is 1.38. The van der Waals surface area contributed by atoms with E-state index in [1.807, 2.05) is 6.07 Å². The van der Waals surface area contributed by atoms with E-state index in [0.29, 0.717) is 6.04 Å². The van der Waals surface area contributed by atoms with Crippen LogP contribution < -0.4 is 10.1 Å². The zero-order valence-corrected chi connectivity index (χ0v) is 14.3. The number of benzene rings is 1. The van der Waals surface area contributed by atoms with Gasteiger partial charge in [0.1, 0.15) is 5.75 Å². The topological polar surface area (TPSA) is 21.3 Å². The Morgan fingerprint density at radius 1 is 1.05 bits per heavy atom. The molecule has 0 aliphatic heterocycles. The monoisotopic (exact) mass is 291 g/mol. The highest BCUT2D eigenvalue weighted by atomic mass is 16.5. The zero-order valence-electron chi connectivity index (χ0n) is 14.3. The molecule has 0 aliphatic rings. The third-order valence-electron chi connectivity index (χ3n) is 4.13. The minimum atomic E-state index is 0.581. The molecule has 21 heavy (non-hydrogen) atoms. The van der Waals surface area contributed by atoms with Gasteiger partial charge in [0.05, 0.1) is 7.11 Å². The van der Waals surface area contributed by atoms with E-state index in [9.17, 15) is 0 Å². The number of nitrogens with one attached hydrogen (secondary N) is 1. The van der Waals surface area contributed by atoms with Crippen molar-refractivity contribution in [3.05, 3.63) is 29.8 Å². The second kappa shape index (κ2) is 10.7. The lowest BCUT2D eigenvalue weighted by molar-refractivity contribution is 0.308. The fourth-order valence-electron chi connectivity index (χ4n) is 3.08. The lowest BCUT2D eigenvalue weighted by Crippen LogP contribution is -2.38. The highest BCUT2D eigenvalue weighted by Crippen LogP contribution is 2.22. The normalized spacial score (nSPS) is 12.6. The predicted octanol–water partition coefficient (Wildman–Crippen LogP) is 4.82. The van der Waals surface area contributed by atoms with Crippen molar-refractivity contribution in [3.63, 3.8) is 0 Å². The van der Waals surface area contributed by atoms with Crippen LogP contribution >= 0.6 is 0 Å². The van der Waals surface area contributed by atoms with Crippen molar-refractivity contribution in [3.8, 4) is 5.75 Å². The van der Waals surface area contributed by atoms with Crippen molar-refractivity contribution in [2.75, 3.05) is 13.7 Å². The van der Waals surface area contributed by atoms with Gasteiger partial charge >= 0.3 is 0 Å². The van der Waals surface area contributed by atoms with Gasteiger partial charge in [-0.15, -0.1) is 0 Å². The molecule has 0 bridgehead atoms. The molecule has 0 amide bonds. The van der Waals surface area contributed by atoms with Crippen LogP contribution in [0.25, 0.3) is 0 Å². The van der Waals surface area contributed by atoms with Crippen LogP contribution in [0.5, 0.6) is 5.75 Å². The summed E-state index contributed by atoms with van der Waals surface area (Å²) in [5, 5.41) is 3.78. The highest BCUT2D eigenvalue weighted by molar-refractivity contribution is 5.29. The zero-order chi connectivity index (χ0) is 15.5. The number of hydrogen-bond donors (Lipinski definition) is 1. The van der Waals surface area contributed by atoms with Gasteiger partial charge in [-0.2, -0.15) is 0 Å². The molecule has 1 aromatic carbocycles. The third kappa shape index (κ3) is 6.52. The molecule has 0 fully saturated rings. The van der Waals surface area contributed by atoms with Crippen LogP contribution in [0.1, 0.15) is 58.4 Å². The Kier molecular flexibility index (Phi) is 9.16. The molecule has 1 N–H and O–H groups in total. The van der Waals surface area contributed by atoms with Crippen LogP contribution in [0.4, 0.5) is 0 Å². The predicted molar refractivity (Wildman–Crippen MR) is 92.1 cm³/mol. The number of ether oxygens (including phenoxy) is 1. The average molecular weight is 291 g/mol. The Balaban J connectivity index is 2.78. The molecule has 1 atom stereocenters. The maximum absolute atomic E-state index is 5.35. The van der Waals surface area contributed by atoms with Crippen LogP contribution in [-0.4, -0.2) is 19.7 Å². The van der Waals surface area contributed by atoms with Crippen LogP contribution in [0.2, 0.25) is 0 Å². The Bertz CT molecular complexity index is 372. The molecular formula is C19H33NO. The first-order valence-corrected chi connectivity index (χ1v) is 8.61. The van der Waals surface area contributed by atoms with Gasteiger partial charge in [-0.25, -0.2) is 0 Å². The summed E-state index contributed by atoms with van der Waals surface area (Å²) >= 11 is 0. The summed E-state index contributed by atoms with van der Waals surface area (Å²) in [6.07, 6.45) is 7.47. The Morgan fingerprint density at radius 2 is 1.76 bits per heavy atom. The minimum Gasteiger partial charge on any atom is -0.497 e. The lowest BCUT2D eigenvalue weighted by atomic mass is 9.86. The van der Waals surface area contributed by atoms with Crippen molar-refractivity contribution < 1.29 is 4.74 Å². The van der Waals surface area contributed by atoms with Crippen LogP contribution in [0.3, 0.4) is 0 Å². The maximum atomic E-state index is 5.35. The highest BCUT2D eigenvalue weighted by Gasteiger charge is 2.20. The number of rotatable bonds is 11. The van der Waals surface area contributed by atoms with E-state index in [1.54, 1.807) is 7.11 Å². The van der Waals surface area contributed by atoms with Crippen molar-refractivity contribution in [2.45, 2.75) is 65.3 Å². The fraction of sp³-hybridized carbons (Fsp3) is 0.684. The van der Waals surface area contributed by atoms with E-state index in [0.717, 1.165) is 24.6 Å². The third-order valence-corrected chi connectivity index (χ3v) is 4.13. The van der Waals surface area contributed by atoms with E-state index in [4.69, 9.17) is 4.74 Å². The molecule has 1 aromatic rings. The summed E-state index contributed by atoms with van der Waals surface area (Å²) in [4.78, 5) is 0. The van der Waals surface area contributed by atoms with Gasteiger partial charge in [0.15, 0.2) is 0 Å². The largest absolute Gasteiger partial charge is 0.497 e. The standard InChI is InChI=1S/C19H33NO/c1-5-9-17(10-6-2)19(20-13-7-3)15-16-11-8-12-18(14-16)21-4/h8,11-12,14,17,19-20H,5-7,9-10,13,15H2,1-4H3. The van der Waals surface area contributed by atoms with Crippen LogP contribution in [0.15, 0.2) is 24.3 Å². The maximum Gasteiger partial charge on any atom is 0.119 e. The molecule has 0 saturated carbocycles. The first-order valence-electron chi connectivity index (χ1n) is 8.61. The molecule has 1 unspecified atom stereocenters. The van der Waals surface area contributed by atoms with Gasteiger partial charge in [0.25, 0.3) is 0 Å². The van der Waals surface area contributed by atoms with Gasteiger partial charge in [0, 0.05) is 6.04 Å². The first kappa shape index (κ1) is 18.0. The van der Waals surface area contributed by atoms with Gasteiger partial charge in [-0.3, -0.25) is 0 Å². The quantitative estimate of drug-likeness (QED) is 0.631. The van der Waals surface area contributed by atoms with Gasteiger partial charge in [-0.05, 0) is 55.8 Å². The summed E-state index contributed by atoms with van der Waals surface area (Å²) in [6, 6.07) is 9.10. The summed E-state index contributed by atoms with van der Waals surface area (Å²) in [5.74, 6) is 1.74. The van der Waals surface area contributed by atoms with E-state index in [-0.39, 0.29) is 0 Å². The number of hydrogen-bond acceptors (Lipinski definition) is 2. The Morgan fingerprint density at radius 3 is 2.33 bits per heavy atom. The minimum absolute atomic E-state index is 0.581. The molecule has 120 valence electrons. The van der Waals surface area contributed by atoms with Gasteiger partial charge in [0.2, 0.25) is 0 Å². The molecule has 1 rings (SSSR count). The lowest BCUT2D eigenvalue weighted by Gasteiger charge is -2.28. The summed E-state index contributed by atoms with van der Waals surface area (Å²) in [6.45, 7) is 7.94. The molecule has 2 heteroatoms. The molecule has 2 nitrogen and oxygen atoms in total. The van der Waals surface area contributed by atoms with Crippen LogP contribution in [0, 0.1) is 5.92 Å². The second-order valence-corrected chi connectivity index (χ2v) is 5.95. The van der Waals surface area contributed by atoms with E-state index >= 15 is 0 Å². The Hall–Kier alpha value is -1.02. The van der Waals surface area contributed by atoms with Crippen molar-refractivity contribution in [2.24, 2.45) is 5.92 Å². The molecule has 0 heterocycles. The molecule has 0 radical (unpaired) electrons. The fourth-order valence-corrected chi connectivity index (χ4v) is 3.08. The average Bonchev–Trinajstić information content (AvgIpc) is 2.51. The van der Waals surface area contributed by atoms with Gasteiger partial charge in [-0.1, -0.05) is 45.7 Å².